The van der Waals surface area contributed by atoms with E-state index in [1.54, 1.807) is 0 Å². The molecule has 198 valence electrons. The number of anilines is 3. The van der Waals surface area contributed by atoms with E-state index in [-0.39, 0.29) is 0 Å². The fourth-order valence-electron chi connectivity index (χ4n) is 6.05. The van der Waals surface area contributed by atoms with Gasteiger partial charge in [0.15, 0.2) is 0 Å². The van der Waals surface area contributed by atoms with Gasteiger partial charge in [-0.3, -0.25) is 0 Å². The zero-order valence-corrected chi connectivity index (χ0v) is 22.9. The minimum Gasteiger partial charge on any atom is -0.456 e. The average Bonchev–Trinajstić information content (AvgIpc) is 3.44. The van der Waals surface area contributed by atoms with Crippen LogP contribution < -0.4 is 4.90 Å². The molecule has 0 N–H and O–H groups in total. The molecule has 2 heteroatoms. The van der Waals surface area contributed by atoms with Crippen molar-refractivity contribution in [3.63, 3.8) is 0 Å². The first-order chi connectivity index (χ1) is 20.8. The van der Waals surface area contributed by atoms with E-state index in [9.17, 15) is 0 Å². The van der Waals surface area contributed by atoms with E-state index in [0.29, 0.717) is 0 Å². The SMILES string of the molecule is c1ccc(-c2ccc(N(c3ccccc3)c3cc4c(cc3-c3ccccc3)oc3ccc5ccccc5c34)cc2)cc1. The molecule has 8 rings (SSSR count). The van der Waals surface area contributed by atoms with Crippen LogP contribution in [0.25, 0.3) is 55.0 Å². The van der Waals surface area contributed by atoms with Crippen LogP contribution in [-0.4, -0.2) is 0 Å². The highest BCUT2D eigenvalue weighted by Crippen LogP contribution is 2.46. The summed E-state index contributed by atoms with van der Waals surface area (Å²) >= 11 is 0. The number of para-hydroxylation sites is 1. The fraction of sp³-hybridized carbons (Fsp3) is 0. The van der Waals surface area contributed by atoms with E-state index in [0.717, 1.165) is 50.1 Å². The Bertz CT molecular complexity index is 2160. The van der Waals surface area contributed by atoms with E-state index in [1.807, 2.05) is 0 Å². The van der Waals surface area contributed by atoms with Gasteiger partial charge in [-0.25, -0.2) is 0 Å². The smallest absolute Gasteiger partial charge is 0.136 e. The van der Waals surface area contributed by atoms with Gasteiger partial charge in [0.2, 0.25) is 0 Å². The topological polar surface area (TPSA) is 16.4 Å². The monoisotopic (exact) mass is 537 g/mol. The first-order valence-electron chi connectivity index (χ1n) is 14.3. The molecule has 0 radical (unpaired) electrons. The molecule has 0 spiro atoms. The lowest BCUT2D eigenvalue weighted by atomic mass is 9.97. The highest BCUT2D eigenvalue weighted by Gasteiger charge is 2.21. The van der Waals surface area contributed by atoms with Gasteiger partial charge in [-0.15, -0.1) is 0 Å². The highest BCUT2D eigenvalue weighted by atomic mass is 16.3. The normalized spacial score (nSPS) is 11.3. The van der Waals surface area contributed by atoms with Gasteiger partial charge < -0.3 is 9.32 Å². The third-order valence-electron chi connectivity index (χ3n) is 8.05. The van der Waals surface area contributed by atoms with Crippen molar-refractivity contribution in [2.75, 3.05) is 4.90 Å². The molecule has 8 aromatic rings. The second-order valence-electron chi connectivity index (χ2n) is 10.6. The molecule has 0 aliphatic heterocycles. The molecular weight excluding hydrogens is 510 g/mol. The summed E-state index contributed by atoms with van der Waals surface area (Å²) in [7, 11) is 0. The second kappa shape index (κ2) is 10.1. The number of rotatable bonds is 5. The molecule has 0 amide bonds. The summed E-state index contributed by atoms with van der Waals surface area (Å²) in [6.45, 7) is 0. The van der Waals surface area contributed by atoms with Crippen LogP contribution in [0.2, 0.25) is 0 Å². The number of nitrogens with zero attached hydrogens (tertiary/aromatic N) is 1. The number of benzene rings is 7. The van der Waals surface area contributed by atoms with E-state index in [4.69, 9.17) is 4.42 Å². The maximum atomic E-state index is 6.52. The average molecular weight is 538 g/mol. The third-order valence-corrected chi connectivity index (χ3v) is 8.05. The zero-order valence-electron chi connectivity index (χ0n) is 22.9. The van der Waals surface area contributed by atoms with Crippen molar-refractivity contribution in [2.45, 2.75) is 0 Å². The van der Waals surface area contributed by atoms with Gasteiger partial charge in [0.1, 0.15) is 11.2 Å². The Hall–Kier alpha value is -5.60. The Morgan fingerprint density at radius 2 is 1.00 bits per heavy atom. The Kier molecular flexibility index (Phi) is 5.82. The van der Waals surface area contributed by atoms with Crippen molar-refractivity contribution in [1.29, 1.82) is 0 Å². The zero-order chi connectivity index (χ0) is 27.9. The van der Waals surface area contributed by atoms with Crippen LogP contribution in [0.4, 0.5) is 17.1 Å². The first kappa shape index (κ1) is 24.2. The van der Waals surface area contributed by atoms with Crippen molar-refractivity contribution in [3.8, 4) is 22.3 Å². The fourth-order valence-corrected chi connectivity index (χ4v) is 6.05. The highest BCUT2D eigenvalue weighted by molar-refractivity contribution is 6.20. The summed E-state index contributed by atoms with van der Waals surface area (Å²) in [5.74, 6) is 0. The van der Waals surface area contributed by atoms with E-state index < -0.39 is 0 Å². The Morgan fingerprint density at radius 1 is 0.405 bits per heavy atom. The molecule has 7 aromatic carbocycles. The number of hydrogen-bond acceptors (Lipinski definition) is 2. The van der Waals surface area contributed by atoms with Gasteiger partial charge in [0, 0.05) is 27.7 Å². The van der Waals surface area contributed by atoms with Crippen LogP contribution in [0.3, 0.4) is 0 Å². The summed E-state index contributed by atoms with van der Waals surface area (Å²) in [4.78, 5) is 2.36. The van der Waals surface area contributed by atoms with Crippen LogP contribution in [0.5, 0.6) is 0 Å². The summed E-state index contributed by atoms with van der Waals surface area (Å²) in [6.07, 6.45) is 0. The van der Waals surface area contributed by atoms with Gasteiger partial charge in [0.25, 0.3) is 0 Å². The molecule has 0 fully saturated rings. The number of fused-ring (bicyclic) bond motifs is 5. The summed E-state index contributed by atoms with van der Waals surface area (Å²) in [5, 5.41) is 4.66. The summed E-state index contributed by atoms with van der Waals surface area (Å²) in [5.41, 5.74) is 9.73. The van der Waals surface area contributed by atoms with Crippen LogP contribution >= 0.6 is 0 Å². The predicted molar refractivity (Wildman–Crippen MR) is 177 cm³/mol. The lowest BCUT2D eigenvalue weighted by molar-refractivity contribution is 0.669. The van der Waals surface area contributed by atoms with Crippen LogP contribution in [0, 0.1) is 0 Å². The minimum atomic E-state index is 0.886. The van der Waals surface area contributed by atoms with Gasteiger partial charge >= 0.3 is 0 Å². The molecule has 0 unspecified atom stereocenters. The molecular formula is C40H27NO. The number of furan rings is 1. The quantitative estimate of drug-likeness (QED) is 0.217. The van der Waals surface area contributed by atoms with E-state index in [1.165, 1.54) is 21.9 Å². The molecule has 0 aliphatic rings. The Labute approximate surface area is 244 Å². The largest absolute Gasteiger partial charge is 0.456 e. The van der Waals surface area contributed by atoms with Crippen LogP contribution in [0.15, 0.2) is 168 Å². The summed E-state index contributed by atoms with van der Waals surface area (Å²) < 4.78 is 6.52. The Balaban J connectivity index is 1.42. The first-order valence-corrected chi connectivity index (χ1v) is 14.3. The van der Waals surface area contributed by atoms with E-state index in [2.05, 4.69) is 169 Å². The van der Waals surface area contributed by atoms with Crippen molar-refractivity contribution in [1.82, 2.24) is 0 Å². The Morgan fingerprint density at radius 3 is 1.74 bits per heavy atom. The molecule has 0 saturated heterocycles. The van der Waals surface area contributed by atoms with Crippen molar-refractivity contribution < 1.29 is 4.42 Å². The van der Waals surface area contributed by atoms with Gasteiger partial charge in [0.05, 0.1) is 5.69 Å². The standard InChI is InChI=1S/C40H27NO/c1-4-12-28(13-5-1)29-20-23-33(24-21-29)41(32-17-8-3-9-18-32)37-26-36-39(27-35(37)30-14-6-2-7-15-30)42-38-25-22-31-16-10-11-19-34(31)40(36)38/h1-27H. The lowest BCUT2D eigenvalue weighted by Gasteiger charge is -2.28. The summed E-state index contributed by atoms with van der Waals surface area (Å²) in [6, 6.07) is 57.9. The molecule has 0 saturated carbocycles. The third kappa shape index (κ3) is 4.13. The van der Waals surface area contributed by atoms with Crippen LogP contribution in [-0.2, 0) is 0 Å². The van der Waals surface area contributed by atoms with Crippen LogP contribution in [0.1, 0.15) is 0 Å². The van der Waals surface area contributed by atoms with Crippen molar-refractivity contribution in [3.05, 3.63) is 164 Å². The molecule has 0 aliphatic carbocycles. The maximum absolute atomic E-state index is 6.52. The van der Waals surface area contributed by atoms with Gasteiger partial charge in [-0.2, -0.15) is 0 Å². The number of hydrogen-bond donors (Lipinski definition) is 0. The molecule has 0 bridgehead atoms. The molecule has 2 nitrogen and oxygen atoms in total. The van der Waals surface area contributed by atoms with Gasteiger partial charge in [-0.1, -0.05) is 121 Å². The molecule has 42 heavy (non-hydrogen) atoms. The molecule has 1 aromatic heterocycles. The van der Waals surface area contributed by atoms with Gasteiger partial charge in [-0.05, 0) is 69.9 Å². The maximum Gasteiger partial charge on any atom is 0.136 e. The molecule has 1 heterocycles. The van der Waals surface area contributed by atoms with Crippen molar-refractivity contribution >= 4 is 49.8 Å². The van der Waals surface area contributed by atoms with Crippen molar-refractivity contribution in [2.24, 2.45) is 0 Å². The van der Waals surface area contributed by atoms with E-state index >= 15 is 0 Å². The second-order valence-corrected chi connectivity index (χ2v) is 10.6. The molecule has 0 atom stereocenters. The minimum absolute atomic E-state index is 0.886. The lowest BCUT2D eigenvalue weighted by Crippen LogP contribution is -2.11. The predicted octanol–water partition coefficient (Wildman–Crippen LogP) is 11.5.